The van der Waals surface area contributed by atoms with Gasteiger partial charge in [0.25, 0.3) is 5.91 Å². The van der Waals surface area contributed by atoms with Crippen LogP contribution < -0.4 is 14.8 Å². The van der Waals surface area contributed by atoms with E-state index in [1.807, 2.05) is 49.1 Å². The van der Waals surface area contributed by atoms with Crippen molar-refractivity contribution in [2.45, 2.75) is 38.3 Å². The Morgan fingerprint density at radius 2 is 1.91 bits per heavy atom. The lowest BCUT2D eigenvalue weighted by Crippen LogP contribution is -2.48. The lowest BCUT2D eigenvalue weighted by molar-refractivity contribution is 0.00135. The van der Waals surface area contributed by atoms with Gasteiger partial charge >= 0.3 is 0 Å². The summed E-state index contributed by atoms with van der Waals surface area (Å²) in [6, 6.07) is 15.3. The van der Waals surface area contributed by atoms with Gasteiger partial charge in [-0.05, 0) is 37.6 Å². The predicted octanol–water partition coefficient (Wildman–Crippen LogP) is 3.15. The molecule has 3 rings (SSSR count). The van der Waals surface area contributed by atoms with Gasteiger partial charge in [-0.25, -0.2) is 0 Å². The number of methoxy groups -OCH3 is 2. The van der Waals surface area contributed by atoms with E-state index in [9.17, 15) is 9.90 Å². The molecule has 186 valence electrons. The molecule has 1 amide bonds. The number of hydrogen-bond donors (Lipinski definition) is 2. The molecule has 0 aliphatic carbocycles. The number of hydrogen-bond acceptors (Lipinski definition) is 6. The quantitative estimate of drug-likeness (QED) is 0.464. The Balaban J connectivity index is 1.76. The first kappa shape index (κ1) is 26.0. The van der Waals surface area contributed by atoms with Crippen molar-refractivity contribution < 1.29 is 24.1 Å². The summed E-state index contributed by atoms with van der Waals surface area (Å²) in [5.41, 5.74) is 0.713. The maximum Gasteiger partial charge on any atom is 0.254 e. The molecule has 0 saturated carbocycles. The van der Waals surface area contributed by atoms with Gasteiger partial charge < -0.3 is 29.5 Å². The number of carbonyl (C=O) groups is 1. The molecular formula is C27H38N2O5. The Hall–Kier alpha value is -2.61. The zero-order chi connectivity index (χ0) is 24.6. The van der Waals surface area contributed by atoms with E-state index in [1.54, 1.807) is 32.4 Å². The minimum Gasteiger partial charge on any atom is -0.493 e. The number of β-amino-alcohol motifs (C(OH)–C–C–N with tert-alkyl or cyclic N) is 1. The van der Waals surface area contributed by atoms with E-state index in [4.69, 9.17) is 14.2 Å². The molecular weight excluding hydrogens is 432 g/mol. The largest absolute Gasteiger partial charge is 0.493 e. The molecule has 7 nitrogen and oxygen atoms in total. The van der Waals surface area contributed by atoms with Gasteiger partial charge in [-0.2, -0.15) is 0 Å². The Bertz CT molecular complexity index is 920. The molecule has 1 heterocycles. The standard InChI is InChI=1S/C27H38N2O5/c1-20(2)29(18-23-17-28-19-27(23,31)16-21-9-6-5-7-10-21)26(30)22-11-12-24(33-4)25(15-22)34-14-8-13-32-3/h5-7,9-12,15,20,23,28,31H,8,13-14,16-19H2,1-4H3/t23-,27+/m0/s1. The number of nitrogens with one attached hydrogen (secondary N) is 1. The van der Waals surface area contributed by atoms with Crippen LogP contribution in [0.15, 0.2) is 48.5 Å². The summed E-state index contributed by atoms with van der Waals surface area (Å²) >= 11 is 0. The Kier molecular flexibility index (Phi) is 9.33. The van der Waals surface area contributed by atoms with Gasteiger partial charge in [0.1, 0.15) is 0 Å². The summed E-state index contributed by atoms with van der Waals surface area (Å²) in [6.45, 7) is 6.71. The zero-order valence-electron chi connectivity index (χ0n) is 20.8. The van der Waals surface area contributed by atoms with Crippen molar-refractivity contribution in [1.29, 1.82) is 0 Å². The molecule has 1 saturated heterocycles. The van der Waals surface area contributed by atoms with Crippen LogP contribution in [0.4, 0.5) is 0 Å². The summed E-state index contributed by atoms with van der Waals surface area (Å²) in [7, 11) is 3.24. The fourth-order valence-electron chi connectivity index (χ4n) is 4.43. The van der Waals surface area contributed by atoms with Crippen LogP contribution in [0.3, 0.4) is 0 Å². The van der Waals surface area contributed by atoms with Crippen LogP contribution in [0.1, 0.15) is 36.2 Å². The fourth-order valence-corrected chi connectivity index (χ4v) is 4.43. The van der Waals surface area contributed by atoms with Crippen molar-refractivity contribution in [2.75, 3.05) is 47.1 Å². The van der Waals surface area contributed by atoms with Gasteiger partial charge in [0, 0.05) is 63.7 Å². The van der Waals surface area contributed by atoms with Crippen LogP contribution in [-0.2, 0) is 11.2 Å². The highest BCUT2D eigenvalue weighted by molar-refractivity contribution is 5.95. The highest BCUT2D eigenvalue weighted by Crippen LogP contribution is 2.31. The molecule has 1 aliphatic rings. The smallest absolute Gasteiger partial charge is 0.254 e. The minimum absolute atomic E-state index is 0.0257. The van der Waals surface area contributed by atoms with Crippen molar-refractivity contribution in [3.63, 3.8) is 0 Å². The van der Waals surface area contributed by atoms with Gasteiger partial charge in [0.15, 0.2) is 11.5 Å². The second-order valence-electron chi connectivity index (χ2n) is 9.21. The normalized spacial score (nSPS) is 19.9. The van der Waals surface area contributed by atoms with Crippen LogP contribution in [0.5, 0.6) is 11.5 Å². The van der Waals surface area contributed by atoms with Crippen LogP contribution in [0.2, 0.25) is 0 Å². The average Bonchev–Trinajstić information content (AvgIpc) is 3.19. The molecule has 2 N–H and O–H groups in total. The van der Waals surface area contributed by atoms with E-state index in [0.29, 0.717) is 56.3 Å². The first-order valence-corrected chi connectivity index (χ1v) is 12.0. The average molecular weight is 471 g/mol. The molecule has 0 unspecified atom stereocenters. The third-order valence-corrected chi connectivity index (χ3v) is 6.40. The summed E-state index contributed by atoms with van der Waals surface area (Å²) < 4.78 is 16.4. The van der Waals surface area contributed by atoms with Crippen LogP contribution in [0.25, 0.3) is 0 Å². The number of carbonyl (C=O) groups excluding carboxylic acids is 1. The number of amides is 1. The monoisotopic (exact) mass is 470 g/mol. The Morgan fingerprint density at radius 1 is 1.15 bits per heavy atom. The third kappa shape index (κ3) is 6.50. The zero-order valence-corrected chi connectivity index (χ0v) is 20.8. The SMILES string of the molecule is COCCCOc1cc(C(=O)N(C[C@@H]2CNC[C@]2(O)Cc2ccccc2)C(C)C)ccc1OC. The molecule has 0 bridgehead atoms. The van der Waals surface area contributed by atoms with Gasteiger partial charge in [-0.3, -0.25) is 4.79 Å². The number of aliphatic hydroxyl groups is 1. The van der Waals surface area contributed by atoms with Crippen molar-refractivity contribution >= 4 is 5.91 Å². The highest BCUT2D eigenvalue weighted by Gasteiger charge is 2.43. The van der Waals surface area contributed by atoms with Crippen LogP contribution in [0, 0.1) is 5.92 Å². The summed E-state index contributed by atoms with van der Waals surface area (Å²) in [5.74, 6) is 0.953. The molecule has 2 aromatic carbocycles. The lowest BCUT2D eigenvalue weighted by atomic mass is 9.84. The van der Waals surface area contributed by atoms with E-state index in [0.717, 1.165) is 12.0 Å². The second-order valence-corrected chi connectivity index (χ2v) is 9.21. The summed E-state index contributed by atoms with van der Waals surface area (Å²) in [5, 5.41) is 14.8. The second kappa shape index (κ2) is 12.2. The van der Waals surface area contributed by atoms with Gasteiger partial charge in [-0.15, -0.1) is 0 Å². The number of rotatable bonds is 12. The van der Waals surface area contributed by atoms with Crippen LogP contribution >= 0.6 is 0 Å². The molecule has 0 radical (unpaired) electrons. The summed E-state index contributed by atoms with van der Waals surface area (Å²) in [6.07, 6.45) is 1.29. The van der Waals surface area contributed by atoms with E-state index in [2.05, 4.69) is 5.32 Å². The third-order valence-electron chi connectivity index (χ3n) is 6.40. The Morgan fingerprint density at radius 3 is 2.59 bits per heavy atom. The predicted molar refractivity (Wildman–Crippen MR) is 133 cm³/mol. The maximum absolute atomic E-state index is 13.6. The number of benzene rings is 2. The molecule has 7 heteroatoms. The topological polar surface area (TPSA) is 80.3 Å². The number of ether oxygens (including phenoxy) is 3. The molecule has 34 heavy (non-hydrogen) atoms. The molecule has 2 aromatic rings. The highest BCUT2D eigenvalue weighted by atomic mass is 16.5. The van der Waals surface area contributed by atoms with Gasteiger partial charge in [0.2, 0.25) is 0 Å². The van der Waals surface area contributed by atoms with Gasteiger partial charge in [0.05, 0.1) is 19.3 Å². The van der Waals surface area contributed by atoms with E-state index >= 15 is 0 Å². The Labute approximate surface area is 203 Å². The van der Waals surface area contributed by atoms with E-state index in [-0.39, 0.29) is 17.9 Å². The van der Waals surface area contributed by atoms with Crippen molar-refractivity contribution in [1.82, 2.24) is 10.2 Å². The first-order valence-electron chi connectivity index (χ1n) is 12.0. The fraction of sp³-hybridized carbons (Fsp3) is 0.519. The van der Waals surface area contributed by atoms with E-state index < -0.39 is 5.60 Å². The van der Waals surface area contributed by atoms with Crippen molar-refractivity contribution in [2.24, 2.45) is 5.92 Å². The number of nitrogens with zero attached hydrogens (tertiary/aromatic N) is 1. The molecule has 1 aliphatic heterocycles. The molecule has 0 spiro atoms. The minimum atomic E-state index is -0.912. The van der Waals surface area contributed by atoms with Gasteiger partial charge in [-0.1, -0.05) is 30.3 Å². The lowest BCUT2D eigenvalue weighted by Gasteiger charge is -2.35. The van der Waals surface area contributed by atoms with Crippen molar-refractivity contribution in [3.05, 3.63) is 59.7 Å². The molecule has 1 fully saturated rings. The van der Waals surface area contributed by atoms with Crippen LogP contribution in [-0.4, -0.2) is 74.6 Å². The summed E-state index contributed by atoms with van der Waals surface area (Å²) in [4.78, 5) is 15.4. The maximum atomic E-state index is 13.6. The van der Waals surface area contributed by atoms with Crippen molar-refractivity contribution in [3.8, 4) is 11.5 Å². The van der Waals surface area contributed by atoms with E-state index in [1.165, 1.54) is 0 Å². The molecule has 0 aromatic heterocycles. The molecule has 2 atom stereocenters. The first-order chi connectivity index (χ1) is 16.4.